The molecule has 1 aliphatic heterocycles. The number of epoxide rings is 1. The number of esters is 1. The molecule has 6 heteroatoms. The molecular formula is C9H10ClNO4. The van der Waals surface area contributed by atoms with E-state index < -0.39 is 23.2 Å². The first-order chi connectivity index (χ1) is 6.60. The van der Waals surface area contributed by atoms with Gasteiger partial charge >= 0.3 is 5.97 Å². The lowest BCUT2D eigenvalue weighted by atomic mass is 9.89. The van der Waals surface area contributed by atoms with Gasteiger partial charge in [0.1, 0.15) is 0 Å². The maximum absolute atomic E-state index is 11.7. The Hall–Kier alpha value is -0.910. The van der Waals surface area contributed by atoms with Gasteiger partial charge in [-0.3, -0.25) is 4.79 Å². The monoisotopic (exact) mass is 231 g/mol. The van der Waals surface area contributed by atoms with Crippen molar-refractivity contribution in [3.8, 4) is 0 Å². The van der Waals surface area contributed by atoms with Crippen molar-refractivity contribution >= 4 is 24.2 Å². The molecule has 3 rings (SSSR count). The topological polar surface area (TPSA) is 81.9 Å². The van der Waals surface area contributed by atoms with Crippen LogP contribution in [0.5, 0.6) is 0 Å². The molecule has 3 aliphatic rings. The van der Waals surface area contributed by atoms with E-state index in [0.717, 1.165) is 0 Å². The summed E-state index contributed by atoms with van der Waals surface area (Å²) in [5.74, 6) is -1.05. The van der Waals surface area contributed by atoms with Gasteiger partial charge in [-0.05, 0) is 6.08 Å². The Morgan fingerprint density at radius 2 is 2.33 bits per heavy atom. The maximum Gasteiger partial charge on any atom is 0.343 e. The van der Waals surface area contributed by atoms with Crippen molar-refractivity contribution in [3.63, 3.8) is 0 Å². The minimum absolute atomic E-state index is 0. The van der Waals surface area contributed by atoms with Crippen molar-refractivity contribution in [2.24, 2.45) is 11.7 Å². The van der Waals surface area contributed by atoms with Crippen LogP contribution in [0, 0.1) is 5.92 Å². The highest BCUT2D eigenvalue weighted by Crippen LogP contribution is 2.63. The second-order valence-electron chi connectivity index (χ2n) is 3.84. The number of hydrogen-bond donors (Lipinski definition) is 1. The van der Waals surface area contributed by atoms with Crippen LogP contribution in [0.15, 0.2) is 12.2 Å². The molecule has 82 valence electrons. The number of rotatable bonds is 1. The predicted octanol–water partition coefficient (Wildman–Crippen LogP) is -0.815. The third-order valence-corrected chi connectivity index (χ3v) is 3.38. The number of ketones is 1. The van der Waals surface area contributed by atoms with Gasteiger partial charge in [0, 0.05) is 0 Å². The van der Waals surface area contributed by atoms with Crippen LogP contribution in [-0.2, 0) is 19.1 Å². The van der Waals surface area contributed by atoms with Crippen LogP contribution in [0.2, 0.25) is 0 Å². The van der Waals surface area contributed by atoms with Gasteiger partial charge in [-0.2, -0.15) is 0 Å². The Labute approximate surface area is 92.0 Å². The van der Waals surface area contributed by atoms with Gasteiger partial charge in [0.15, 0.2) is 11.4 Å². The number of fused-ring (bicyclic) bond motifs is 1. The van der Waals surface area contributed by atoms with E-state index in [0.29, 0.717) is 0 Å². The number of methoxy groups -OCH3 is 1. The zero-order valence-electron chi connectivity index (χ0n) is 7.93. The number of hydrogen-bond acceptors (Lipinski definition) is 5. The molecule has 2 aliphatic carbocycles. The van der Waals surface area contributed by atoms with E-state index in [1.54, 1.807) is 12.2 Å². The molecule has 15 heavy (non-hydrogen) atoms. The Bertz CT molecular complexity index is 396. The molecule has 2 fully saturated rings. The predicted molar refractivity (Wildman–Crippen MR) is 51.4 cm³/mol. The summed E-state index contributed by atoms with van der Waals surface area (Å²) in [6, 6.07) is -0.604. The van der Waals surface area contributed by atoms with Gasteiger partial charge < -0.3 is 15.2 Å². The molecular weight excluding hydrogens is 222 g/mol. The van der Waals surface area contributed by atoms with Crippen LogP contribution < -0.4 is 5.73 Å². The van der Waals surface area contributed by atoms with E-state index in [4.69, 9.17) is 10.5 Å². The van der Waals surface area contributed by atoms with Crippen LogP contribution in [-0.4, -0.2) is 36.1 Å². The number of ether oxygens (including phenoxy) is 2. The van der Waals surface area contributed by atoms with Gasteiger partial charge in [-0.1, -0.05) is 6.08 Å². The second kappa shape index (κ2) is 2.61. The Morgan fingerprint density at radius 3 is 2.80 bits per heavy atom. The summed E-state index contributed by atoms with van der Waals surface area (Å²) in [6.45, 7) is 0. The van der Waals surface area contributed by atoms with Crippen LogP contribution >= 0.6 is 12.4 Å². The standard InChI is InChI=1S/C9H9NO4.ClH/c1-13-7(12)9-5(10)4-2-3-8(9,14-9)6(4)11;/h2-5H,10H2,1H3;1H. The van der Waals surface area contributed by atoms with Crippen molar-refractivity contribution in [3.05, 3.63) is 12.2 Å². The second-order valence-corrected chi connectivity index (χ2v) is 3.84. The van der Waals surface area contributed by atoms with Crippen LogP contribution in [0.4, 0.5) is 0 Å². The highest BCUT2D eigenvalue weighted by molar-refractivity contribution is 6.12. The summed E-state index contributed by atoms with van der Waals surface area (Å²) in [5.41, 5.74) is 3.49. The lowest BCUT2D eigenvalue weighted by Gasteiger charge is -2.18. The zero-order chi connectivity index (χ0) is 10.1. The van der Waals surface area contributed by atoms with Crippen LogP contribution in [0.1, 0.15) is 0 Å². The molecule has 2 bridgehead atoms. The molecule has 0 aromatic rings. The van der Waals surface area contributed by atoms with E-state index in [1.165, 1.54) is 7.11 Å². The van der Waals surface area contributed by atoms with Crippen LogP contribution in [0.3, 0.4) is 0 Å². The molecule has 5 nitrogen and oxygen atoms in total. The number of carbonyl (C=O) groups is 2. The highest BCUT2D eigenvalue weighted by Gasteiger charge is 2.89. The van der Waals surface area contributed by atoms with Gasteiger partial charge in [0.05, 0.1) is 19.1 Å². The van der Waals surface area contributed by atoms with E-state index in [-0.39, 0.29) is 24.1 Å². The summed E-state index contributed by atoms with van der Waals surface area (Å²) in [4.78, 5) is 23.2. The van der Waals surface area contributed by atoms with Gasteiger partial charge in [0.25, 0.3) is 0 Å². The van der Waals surface area contributed by atoms with Crippen molar-refractivity contribution in [2.45, 2.75) is 17.2 Å². The molecule has 4 unspecified atom stereocenters. The normalized spacial score (nSPS) is 48.5. The largest absolute Gasteiger partial charge is 0.467 e. The number of carbonyl (C=O) groups excluding carboxylic acids is 2. The van der Waals surface area contributed by atoms with Gasteiger partial charge in [-0.15, -0.1) is 12.4 Å². The smallest absolute Gasteiger partial charge is 0.343 e. The average molecular weight is 232 g/mol. The summed E-state index contributed by atoms with van der Waals surface area (Å²) in [6.07, 6.45) is 3.33. The summed E-state index contributed by atoms with van der Waals surface area (Å²) >= 11 is 0. The molecule has 1 heterocycles. The van der Waals surface area contributed by atoms with Gasteiger partial charge in [-0.25, -0.2) is 4.79 Å². The van der Waals surface area contributed by atoms with Crippen molar-refractivity contribution < 1.29 is 19.1 Å². The first-order valence-corrected chi connectivity index (χ1v) is 4.38. The van der Waals surface area contributed by atoms with E-state index in [1.807, 2.05) is 0 Å². The number of nitrogens with two attached hydrogens (primary N) is 1. The average Bonchev–Trinajstić information content (AvgIpc) is 2.75. The molecule has 0 aromatic heterocycles. The molecule has 2 N–H and O–H groups in total. The summed E-state index contributed by atoms with van der Waals surface area (Å²) in [5, 5.41) is 0. The fourth-order valence-corrected chi connectivity index (χ4v) is 2.61. The fraction of sp³-hybridized carbons (Fsp3) is 0.556. The Kier molecular flexibility index (Phi) is 1.84. The van der Waals surface area contributed by atoms with Crippen molar-refractivity contribution in [2.75, 3.05) is 7.11 Å². The molecule has 4 atom stereocenters. The van der Waals surface area contributed by atoms with Gasteiger partial charge in [0.2, 0.25) is 5.60 Å². The molecule has 0 radical (unpaired) electrons. The van der Waals surface area contributed by atoms with E-state index in [9.17, 15) is 9.59 Å². The number of Topliss-reactive ketones (excluding diaryl/α,β-unsaturated/α-hetero) is 1. The quantitative estimate of drug-likeness (QED) is 0.362. The Balaban J connectivity index is 0.000000853. The van der Waals surface area contributed by atoms with Crippen molar-refractivity contribution in [1.82, 2.24) is 0 Å². The van der Waals surface area contributed by atoms with Crippen molar-refractivity contribution in [1.29, 1.82) is 0 Å². The van der Waals surface area contributed by atoms with E-state index >= 15 is 0 Å². The third-order valence-electron chi connectivity index (χ3n) is 3.38. The molecule has 1 spiro atoms. The zero-order valence-corrected chi connectivity index (χ0v) is 8.74. The van der Waals surface area contributed by atoms with Crippen LogP contribution in [0.25, 0.3) is 0 Å². The third kappa shape index (κ3) is 0.758. The number of halogens is 1. The highest BCUT2D eigenvalue weighted by atomic mass is 35.5. The van der Waals surface area contributed by atoms with E-state index in [2.05, 4.69) is 4.74 Å². The molecule has 1 saturated heterocycles. The fourth-order valence-electron chi connectivity index (χ4n) is 2.61. The lowest BCUT2D eigenvalue weighted by molar-refractivity contribution is -0.147. The first-order valence-electron chi connectivity index (χ1n) is 4.38. The minimum atomic E-state index is -1.22. The molecule has 0 aromatic carbocycles. The molecule has 0 amide bonds. The first kappa shape index (κ1) is 10.6. The minimum Gasteiger partial charge on any atom is -0.467 e. The molecule has 1 saturated carbocycles. The lowest BCUT2D eigenvalue weighted by Crippen LogP contribution is -2.48. The summed E-state index contributed by atoms with van der Waals surface area (Å²) < 4.78 is 9.88. The maximum atomic E-state index is 11.7. The Morgan fingerprint density at radius 1 is 1.67 bits per heavy atom. The summed E-state index contributed by atoms with van der Waals surface area (Å²) in [7, 11) is 1.26. The SMILES string of the molecule is COC(=O)C12OC13C=CC(C3=O)C2N.Cl.